The molecular weight excluding hydrogens is 413 g/mol. The van der Waals surface area contributed by atoms with Gasteiger partial charge in [-0.1, -0.05) is 50.2 Å². The third-order valence-electron chi connectivity index (χ3n) is 7.24. The first-order valence-electron chi connectivity index (χ1n) is 11.7. The minimum absolute atomic E-state index is 0.194. The highest BCUT2D eigenvalue weighted by molar-refractivity contribution is 5.94. The molecule has 0 unspecified atom stereocenters. The average molecular weight is 442 g/mol. The van der Waals surface area contributed by atoms with Crippen LogP contribution in [0.4, 0.5) is 4.39 Å². The quantitative estimate of drug-likeness (QED) is 0.339. The Balaban J connectivity index is 1.61. The van der Waals surface area contributed by atoms with Crippen molar-refractivity contribution in [2.75, 3.05) is 6.61 Å². The van der Waals surface area contributed by atoms with E-state index in [0.717, 1.165) is 47.2 Å². The van der Waals surface area contributed by atoms with Gasteiger partial charge in [-0.2, -0.15) is 0 Å². The molecule has 6 rings (SSSR count). The van der Waals surface area contributed by atoms with Gasteiger partial charge in [-0.05, 0) is 61.2 Å². The largest absolute Gasteiger partial charge is 0.488 e. The van der Waals surface area contributed by atoms with E-state index in [1.54, 1.807) is 0 Å². The predicted molar refractivity (Wildman–Crippen MR) is 129 cm³/mol. The van der Waals surface area contributed by atoms with E-state index in [2.05, 4.69) is 48.7 Å². The highest BCUT2D eigenvalue weighted by Gasteiger charge is 2.51. The normalized spacial score (nSPS) is 18.2. The van der Waals surface area contributed by atoms with E-state index in [9.17, 15) is 4.39 Å². The highest BCUT2D eigenvalue weighted by Crippen LogP contribution is 2.57. The molecule has 0 saturated heterocycles. The van der Waals surface area contributed by atoms with Crippen molar-refractivity contribution in [3.8, 4) is 11.4 Å². The van der Waals surface area contributed by atoms with Gasteiger partial charge in [-0.15, -0.1) is 0 Å². The molecule has 1 aromatic heterocycles. The lowest BCUT2D eigenvalue weighted by Gasteiger charge is -2.49. The molecule has 2 aliphatic rings. The first-order valence-corrected chi connectivity index (χ1v) is 11.7. The fourth-order valence-corrected chi connectivity index (χ4v) is 5.46. The van der Waals surface area contributed by atoms with Crippen LogP contribution in [0, 0.1) is 5.82 Å². The van der Waals surface area contributed by atoms with Crippen LogP contribution in [0.3, 0.4) is 0 Å². The van der Waals surface area contributed by atoms with Crippen LogP contribution >= 0.6 is 0 Å². The fourth-order valence-electron chi connectivity index (χ4n) is 5.46. The lowest BCUT2D eigenvalue weighted by atomic mass is 9.68. The zero-order valence-electron chi connectivity index (χ0n) is 19.1. The maximum absolute atomic E-state index is 13.8. The van der Waals surface area contributed by atoms with Gasteiger partial charge in [0.25, 0.3) is 0 Å². The summed E-state index contributed by atoms with van der Waals surface area (Å²) in [6, 6.07) is 23.3. The molecule has 1 aliphatic heterocycles. The third-order valence-corrected chi connectivity index (χ3v) is 7.24. The molecule has 4 heteroatoms. The number of hydrogen-bond donors (Lipinski definition) is 0. The monoisotopic (exact) mass is 441 g/mol. The van der Waals surface area contributed by atoms with Crippen LogP contribution in [0.2, 0.25) is 0 Å². The topological polar surface area (TPSA) is 23.4 Å². The molecule has 3 nitrogen and oxygen atoms in total. The van der Waals surface area contributed by atoms with E-state index < -0.39 is 0 Å². The predicted octanol–water partition coefficient (Wildman–Crippen LogP) is 7.04. The third kappa shape index (κ3) is 3.19. The van der Waals surface area contributed by atoms with Crippen LogP contribution in [0.15, 0.2) is 72.8 Å². The molecule has 33 heavy (non-hydrogen) atoms. The second kappa shape index (κ2) is 7.46. The van der Waals surface area contributed by atoms with Gasteiger partial charge in [-0.3, -0.25) is 0 Å². The van der Waals surface area contributed by atoms with Crippen molar-refractivity contribution < 1.29 is 13.9 Å². The van der Waals surface area contributed by atoms with Crippen molar-refractivity contribution in [2.24, 2.45) is 0 Å². The summed E-state index contributed by atoms with van der Waals surface area (Å²) in [5.41, 5.74) is 5.24. The Labute approximate surface area is 193 Å². The SMILES string of the molecule is CC1(C)COC2(CCC2)c2c1n(-c1ccc(F)cc1)c1cccc(OCc3ccccc3)c21. The maximum atomic E-state index is 13.8. The summed E-state index contributed by atoms with van der Waals surface area (Å²) in [7, 11) is 0. The molecule has 1 spiro atoms. The van der Waals surface area contributed by atoms with Gasteiger partial charge in [-0.25, -0.2) is 4.39 Å². The Kier molecular flexibility index (Phi) is 4.63. The van der Waals surface area contributed by atoms with E-state index in [0.29, 0.717) is 13.2 Å². The summed E-state index contributed by atoms with van der Waals surface area (Å²) in [5, 5.41) is 1.13. The van der Waals surface area contributed by atoms with Gasteiger partial charge in [0, 0.05) is 27.7 Å². The molecule has 0 N–H and O–H groups in total. The smallest absolute Gasteiger partial charge is 0.129 e. The Hall–Kier alpha value is -3.11. The van der Waals surface area contributed by atoms with Crippen molar-refractivity contribution in [3.05, 3.63) is 95.4 Å². The first-order chi connectivity index (χ1) is 16.0. The van der Waals surface area contributed by atoms with Crippen LogP contribution in [-0.4, -0.2) is 11.2 Å². The van der Waals surface area contributed by atoms with E-state index in [4.69, 9.17) is 9.47 Å². The Morgan fingerprint density at radius 3 is 2.39 bits per heavy atom. The summed E-state index contributed by atoms with van der Waals surface area (Å²) in [6.07, 6.45) is 3.20. The zero-order chi connectivity index (χ0) is 22.6. The zero-order valence-corrected chi connectivity index (χ0v) is 19.1. The molecule has 2 heterocycles. The van der Waals surface area contributed by atoms with E-state index in [1.165, 1.54) is 23.4 Å². The lowest BCUT2D eigenvalue weighted by molar-refractivity contribution is -0.133. The van der Waals surface area contributed by atoms with Crippen molar-refractivity contribution in [1.82, 2.24) is 4.57 Å². The minimum Gasteiger partial charge on any atom is -0.488 e. The van der Waals surface area contributed by atoms with Gasteiger partial charge < -0.3 is 14.0 Å². The number of rotatable bonds is 4. The number of benzene rings is 3. The van der Waals surface area contributed by atoms with Crippen molar-refractivity contribution in [3.63, 3.8) is 0 Å². The van der Waals surface area contributed by atoms with Crippen LogP contribution in [0.1, 0.15) is 49.9 Å². The molecule has 168 valence electrons. The van der Waals surface area contributed by atoms with Crippen molar-refractivity contribution in [1.29, 1.82) is 0 Å². The van der Waals surface area contributed by atoms with Gasteiger partial charge >= 0.3 is 0 Å². The minimum atomic E-state index is -0.263. The number of hydrogen-bond acceptors (Lipinski definition) is 2. The first kappa shape index (κ1) is 20.5. The second-order valence-corrected chi connectivity index (χ2v) is 9.98. The Bertz CT molecular complexity index is 1320. The Morgan fingerprint density at radius 2 is 1.70 bits per heavy atom. The number of ether oxygens (including phenoxy) is 2. The average Bonchev–Trinajstić information content (AvgIpc) is 3.16. The molecule has 1 fully saturated rings. The number of aromatic nitrogens is 1. The summed E-state index contributed by atoms with van der Waals surface area (Å²) in [5.74, 6) is 0.648. The number of nitrogens with zero attached hydrogens (tertiary/aromatic N) is 1. The standard InChI is InChI=1S/C29H28FNO2/c1-28(2)19-33-29(16-7-17-29)26-25-23(31(27(26)28)22-14-12-21(30)13-15-22)10-6-11-24(25)32-18-20-8-4-3-5-9-20/h3-6,8-15H,7,16-19H2,1-2H3. The van der Waals surface area contributed by atoms with E-state index >= 15 is 0 Å². The fraction of sp³-hybridized carbons (Fsp3) is 0.310. The van der Waals surface area contributed by atoms with E-state index in [1.807, 2.05) is 30.3 Å². The molecule has 4 aromatic rings. The molecule has 0 radical (unpaired) electrons. The molecule has 3 aromatic carbocycles. The lowest BCUT2D eigenvalue weighted by Crippen LogP contribution is -2.47. The molecular formula is C29H28FNO2. The Morgan fingerprint density at radius 1 is 0.939 bits per heavy atom. The summed E-state index contributed by atoms with van der Waals surface area (Å²) in [4.78, 5) is 0. The molecule has 0 bridgehead atoms. The number of fused-ring (bicyclic) bond motifs is 4. The van der Waals surface area contributed by atoms with Crippen LogP contribution < -0.4 is 4.74 Å². The van der Waals surface area contributed by atoms with Gasteiger partial charge in [0.15, 0.2) is 0 Å². The van der Waals surface area contributed by atoms with Crippen LogP contribution in [0.25, 0.3) is 16.6 Å². The van der Waals surface area contributed by atoms with Gasteiger partial charge in [0.1, 0.15) is 18.2 Å². The summed E-state index contributed by atoms with van der Waals surface area (Å²) in [6.45, 7) is 5.65. The molecule has 1 saturated carbocycles. The summed E-state index contributed by atoms with van der Waals surface area (Å²) < 4.78 is 29.2. The maximum Gasteiger partial charge on any atom is 0.129 e. The van der Waals surface area contributed by atoms with Gasteiger partial charge in [0.2, 0.25) is 0 Å². The molecule has 0 amide bonds. The van der Waals surface area contributed by atoms with Crippen LogP contribution in [-0.2, 0) is 22.4 Å². The number of halogens is 1. The van der Waals surface area contributed by atoms with Crippen LogP contribution in [0.5, 0.6) is 5.75 Å². The summed E-state index contributed by atoms with van der Waals surface area (Å²) >= 11 is 0. The van der Waals surface area contributed by atoms with E-state index in [-0.39, 0.29) is 16.8 Å². The molecule has 1 aliphatic carbocycles. The van der Waals surface area contributed by atoms with Crippen molar-refractivity contribution in [2.45, 2.75) is 50.7 Å². The molecule has 0 atom stereocenters. The second-order valence-electron chi connectivity index (χ2n) is 9.98. The van der Waals surface area contributed by atoms with Crippen molar-refractivity contribution >= 4 is 10.9 Å². The van der Waals surface area contributed by atoms with Gasteiger partial charge in [0.05, 0.1) is 17.7 Å². The highest BCUT2D eigenvalue weighted by atomic mass is 19.1.